The molecule has 0 unspecified atom stereocenters. The van der Waals surface area contributed by atoms with Gasteiger partial charge < -0.3 is 5.32 Å². The fourth-order valence-corrected chi connectivity index (χ4v) is 1.97. The molecule has 0 atom stereocenters. The van der Waals surface area contributed by atoms with Gasteiger partial charge in [0, 0.05) is 18.7 Å². The smallest absolute Gasteiger partial charge is 0.270 e. The molecule has 1 saturated carbocycles. The van der Waals surface area contributed by atoms with E-state index in [0.29, 0.717) is 11.6 Å². The molecule has 2 rings (SSSR count). The lowest BCUT2D eigenvalue weighted by Crippen LogP contribution is -2.15. The van der Waals surface area contributed by atoms with E-state index in [1.807, 2.05) is 0 Å². The Morgan fingerprint density at radius 3 is 2.82 bits per heavy atom. The molecular formula is C12H15ClN2O2. The summed E-state index contributed by atoms with van der Waals surface area (Å²) in [5.74, 6) is 0.912. The minimum absolute atomic E-state index is 0.0386. The Morgan fingerprint density at radius 1 is 1.47 bits per heavy atom. The number of rotatable bonds is 6. The van der Waals surface area contributed by atoms with Gasteiger partial charge in [-0.15, -0.1) is 0 Å². The second-order valence-electron chi connectivity index (χ2n) is 4.44. The van der Waals surface area contributed by atoms with E-state index in [2.05, 4.69) is 5.32 Å². The topological polar surface area (TPSA) is 55.2 Å². The van der Waals surface area contributed by atoms with Crippen LogP contribution < -0.4 is 5.32 Å². The predicted molar refractivity (Wildman–Crippen MR) is 67.2 cm³/mol. The second kappa shape index (κ2) is 5.47. The molecule has 0 heterocycles. The fourth-order valence-electron chi connectivity index (χ4n) is 1.73. The molecule has 1 aliphatic rings. The monoisotopic (exact) mass is 254 g/mol. The maximum atomic E-state index is 10.5. The Hall–Kier alpha value is -1.13. The quantitative estimate of drug-likeness (QED) is 0.482. The van der Waals surface area contributed by atoms with E-state index in [1.54, 1.807) is 6.07 Å². The number of nitro benzene ring substituents is 1. The Bertz CT molecular complexity index is 419. The van der Waals surface area contributed by atoms with E-state index in [1.165, 1.54) is 31.4 Å². The number of non-ortho nitro benzene ring substituents is 1. The van der Waals surface area contributed by atoms with Gasteiger partial charge in [0.15, 0.2) is 0 Å². The molecule has 1 N–H and O–H groups in total. The SMILES string of the molecule is O=[N+]([O-])c1ccc(CNCCC2CC2)c(Cl)c1. The van der Waals surface area contributed by atoms with Crippen LogP contribution >= 0.6 is 11.6 Å². The van der Waals surface area contributed by atoms with Crippen LogP contribution in [-0.2, 0) is 6.54 Å². The normalized spacial score (nSPS) is 14.9. The first kappa shape index (κ1) is 12.3. The predicted octanol–water partition coefficient (Wildman–Crippen LogP) is 3.14. The molecular weight excluding hydrogens is 240 g/mol. The molecule has 5 heteroatoms. The molecule has 17 heavy (non-hydrogen) atoms. The number of hydrogen-bond donors (Lipinski definition) is 1. The first-order valence-corrected chi connectivity index (χ1v) is 6.18. The highest BCUT2D eigenvalue weighted by Crippen LogP contribution is 2.31. The molecule has 0 spiro atoms. The molecule has 0 aliphatic heterocycles. The lowest BCUT2D eigenvalue weighted by molar-refractivity contribution is -0.384. The lowest BCUT2D eigenvalue weighted by atomic mass is 10.2. The maximum Gasteiger partial charge on any atom is 0.270 e. The third-order valence-electron chi connectivity index (χ3n) is 2.99. The van der Waals surface area contributed by atoms with Crippen LogP contribution in [0.5, 0.6) is 0 Å². The van der Waals surface area contributed by atoms with Crippen LogP contribution in [0.3, 0.4) is 0 Å². The van der Waals surface area contributed by atoms with Crippen LogP contribution in [0.25, 0.3) is 0 Å². The van der Waals surface area contributed by atoms with Gasteiger partial charge in [0.25, 0.3) is 5.69 Å². The molecule has 1 fully saturated rings. The number of nitrogens with one attached hydrogen (secondary N) is 1. The van der Waals surface area contributed by atoms with E-state index in [-0.39, 0.29) is 5.69 Å². The molecule has 0 bridgehead atoms. The molecule has 0 aromatic heterocycles. The van der Waals surface area contributed by atoms with Crippen LogP contribution in [-0.4, -0.2) is 11.5 Å². The Kier molecular flexibility index (Phi) is 3.97. The fraction of sp³-hybridized carbons (Fsp3) is 0.500. The van der Waals surface area contributed by atoms with Gasteiger partial charge in [0.05, 0.1) is 9.95 Å². The zero-order valence-corrected chi connectivity index (χ0v) is 10.2. The molecule has 4 nitrogen and oxygen atoms in total. The van der Waals surface area contributed by atoms with Crippen molar-refractivity contribution < 1.29 is 4.92 Å². The highest BCUT2D eigenvalue weighted by molar-refractivity contribution is 6.31. The first-order chi connectivity index (χ1) is 8.16. The number of nitrogens with zero attached hydrogens (tertiary/aromatic N) is 1. The minimum Gasteiger partial charge on any atom is -0.313 e. The molecule has 1 aliphatic carbocycles. The van der Waals surface area contributed by atoms with Crippen molar-refractivity contribution >= 4 is 17.3 Å². The van der Waals surface area contributed by atoms with E-state index in [4.69, 9.17) is 11.6 Å². The number of nitro groups is 1. The molecule has 1 aromatic rings. The minimum atomic E-state index is -0.434. The summed E-state index contributed by atoms with van der Waals surface area (Å²) in [5.41, 5.74) is 0.949. The van der Waals surface area contributed by atoms with Gasteiger partial charge in [0.1, 0.15) is 0 Å². The van der Waals surface area contributed by atoms with Crippen molar-refractivity contribution in [1.82, 2.24) is 5.32 Å². The maximum absolute atomic E-state index is 10.5. The van der Waals surface area contributed by atoms with Gasteiger partial charge in [-0.25, -0.2) is 0 Å². The zero-order chi connectivity index (χ0) is 12.3. The summed E-state index contributed by atoms with van der Waals surface area (Å²) in [7, 11) is 0. The van der Waals surface area contributed by atoms with Crippen molar-refractivity contribution in [2.75, 3.05) is 6.54 Å². The van der Waals surface area contributed by atoms with Crippen LogP contribution in [0.1, 0.15) is 24.8 Å². The number of halogens is 1. The van der Waals surface area contributed by atoms with Crippen LogP contribution in [0.15, 0.2) is 18.2 Å². The van der Waals surface area contributed by atoms with E-state index >= 15 is 0 Å². The van der Waals surface area contributed by atoms with Crippen molar-refractivity contribution in [2.45, 2.75) is 25.8 Å². The van der Waals surface area contributed by atoms with Gasteiger partial charge in [-0.3, -0.25) is 10.1 Å². The molecule has 0 saturated heterocycles. The van der Waals surface area contributed by atoms with Gasteiger partial charge in [-0.2, -0.15) is 0 Å². The number of hydrogen-bond acceptors (Lipinski definition) is 3. The van der Waals surface area contributed by atoms with Gasteiger partial charge in [-0.1, -0.05) is 24.4 Å². The summed E-state index contributed by atoms with van der Waals surface area (Å²) in [5, 5.41) is 14.3. The van der Waals surface area contributed by atoms with Crippen LogP contribution in [0.4, 0.5) is 5.69 Å². The third kappa shape index (κ3) is 3.68. The summed E-state index contributed by atoms with van der Waals surface area (Å²) < 4.78 is 0. The van der Waals surface area contributed by atoms with Crippen molar-refractivity contribution in [2.24, 2.45) is 5.92 Å². The molecule has 92 valence electrons. The lowest BCUT2D eigenvalue weighted by Gasteiger charge is -2.06. The first-order valence-electron chi connectivity index (χ1n) is 5.80. The van der Waals surface area contributed by atoms with Crippen LogP contribution in [0, 0.1) is 16.0 Å². The van der Waals surface area contributed by atoms with Crippen molar-refractivity contribution in [3.05, 3.63) is 38.9 Å². The molecule has 0 radical (unpaired) electrons. The highest BCUT2D eigenvalue weighted by atomic mass is 35.5. The van der Waals surface area contributed by atoms with Crippen molar-refractivity contribution in [3.63, 3.8) is 0 Å². The van der Waals surface area contributed by atoms with Gasteiger partial charge >= 0.3 is 0 Å². The average molecular weight is 255 g/mol. The molecule has 0 amide bonds. The van der Waals surface area contributed by atoms with E-state index in [0.717, 1.165) is 18.0 Å². The second-order valence-corrected chi connectivity index (χ2v) is 4.85. The van der Waals surface area contributed by atoms with E-state index in [9.17, 15) is 10.1 Å². The van der Waals surface area contributed by atoms with Crippen LogP contribution in [0.2, 0.25) is 5.02 Å². The summed E-state index contributed by atoms with van der Waals surface area (Å²) in [6.07, 6.45) is 3.94. The average Bonchev–Trinajstić information content (AvgIpc) is 3.09. The largest absolute Gasteiger partial charge is 0.313 e. The van der Waals surface area contributed by atoms with E-state index < -0.39 is 4.92 Å². The summed E-state index contributed by atoms with van der Waals surface area (Å²) in [6, 6.07) is 4.60. The Labute approximate surface area is 105 Å². The standard InChI is InChI=1S/C12H15ClN2O2/c13-12-7-11(15(16)17)4-3-10(12)8-14-6-5-9-1-2-9/h3-4,7,9,14H,1-2,5-6,8H2. The van der Waals surface area contributed by atoms with Gasteiger partial charge in [0.2, 0.25) is 0 Å². The number of benzene rings is 1. The third-order valence-corrected chi connectivity index (χ3v) is 3.34. The van der Waals surface area contributed by atoms with Crippen molar-refractivity contribution in [3.8, 4) is 0 Å². The van der Waals surface area contributed by atoms with Crippen molar-refractivity contribution in [1.29, 1.82) is 0 Å². The molecule has 1 aromatic carbocycles. The summed E-state index contributed by atoms with van der Waals surface area (Å²) in [4.78, 5) is 10.1. The Balaban J connectivity index is 1.84. The Morgan fingerprint density at radius 2 is 2.24 bits per heavy atom. The summed E-state index contributed by atoms with van der Waals surface area (Å²) in [6.45, 7) is 1.65. The zero-order valence-electron chi connectivity index (χ0n) is 9.49. The van der Waals surface area contributed by atoms with Gasteiger partial charge in [-0.05, 0) is 30.5 Å². The highest BCUT2D eigenvalue weighted by Gasteiger charge is 2.20. The summed E-state index contributed by atoms with van der Waals surface area (Å²) >= 11 is 5.98.